The standard InChI is InChI=1S/C14H8Cl2N2O/c15-10-5-3-6-11(16)13(10)18-8-17-12-7-2-1-4-9(12)14(18)19/h1-8H. The Balaban J connectivity index is 2.39. The van der Waals surface area contributed by atoms with Crippen LogP contribution in [0.15, 0.2) is 53.6 Å². The molecule has 0 aliphatic heterocycles. The third kappa shape index (κ3) is 2.01. The van der Waals surface area contributed by atoms with Crippen molar-refractivity contribution in [2.75, 3.05) is 0 Å². The maximum Gasteiger partial charge on any atom is 0.265 e. The number of hydrogen-bond donors (Lipinski definition) is 0. The van der Waals surface area contributed by atoms with Gasteiger partial charge in [0.05, 0.1) is 26.6 Å². The first kappa shape index (κ1) is 12.2. The highest BCUT2D eigenvalue weighted by Gasteiger charge is 2.11. The van der Waals surface area contributed by atoms with Gasteiger partial charge >= 0.3 is 0 Å². The molecular formula is C14H8Cl2N2O. The summed E-state index contributed by atoms with van der Waals surface area (Å²) in [6, 6.07) is 12.2. The Morgan fingerprint density at radius 2 is 1.63 bits per heavy atom. The highest BCUT2D eigenvalue weighted by atomic mass is 35.5. The Hall–Kier alpha value is -1.84. The molecule has 5 heteroatoms. The molecule has 3 rings (SSSR count). The van der Waals surface area contributed by atoms with Crippen LogP contribution in [-0.4, -0.2) is 9.55 Å². The Morgan fingerprint density at radius 1 is 0.947 bits per heavy atom. The molecule has 0 radical (unpaired) electrons. The number of fused-ring (bicyclic) bond motifs is 1. The SMILES string of the molecule is O=c1c2ccccc2ncn1-c1c(Cl)cccc1Cl. The van der Waals surface area contributed by atoms with E-state index in [1.807, 2.05) is 6.07 Å². The summed E-state index contributed by atoms with van der Waals surface area (Å²) in [7, 11) is 0. The average molecular weight is 291 g/mol. The van der Waals surface area contributed by atoms with Crippen molar-refractivity contribution < 1.29 is 0 Å². The molecule has 0 aliphatic carbocycles. The van der Waals surface area contributed by atoms with Crippen molar-refractivity contribution in [3.8, 4) is 5.69 Å². The van der Waals surface area contributed by atoms with Gasteiger partial charge in [0.25, 0.3) is 5.56 Å². The fourth-order valence-electron chi connectivity index (χ4n) is 1.95. The summed E-state index contributed by atoms with van der Waals surface area (Å²) < 4.78 is 1.37. The molecule has 0 fully saturated rings. The van der Waals surface area contributed by atoms with Gasteiger partial charge in [0.1, 0.15) is 6.33 Å². The first-order valence-electron chi connectivity index (χ1n) is 5.59. The maximum atomic E-state index is 12.4. The van der Waals surface area contributed by atoms with Crippen LogP contribution < -0.4 is 5.56 Å². The summed E-state index contributed by atoms with van der Waals surface area (Å²) in [6.45, 7) is 0. The van der Waals surface area contributed by atoms with E-state index in [4.69, 9.17) is 23.2 Å². The molecule has 0 saturated carbocycles. The van der Waals surface area contributed by atoms with Gasteiger partial charge in [0.2, 0.25) is 0 Å². The smallest absolute Gasteiger partial charge is 0.265 e. The monoisotopic (exact) mass is 290 g/mol. The van der Waals surface area contributed by atoms with Crippen LogP contribution in [0.3, 0.4) is 0 Å². The van der Waals surface area contributed by atoms with Crippen LogP contribution in [0, 0.1) is 0 Å². The van der Waals surface area contributed by atoms with E-state index in [9.17, 15) is 4.79 Å². The second-order valence-electron chi connectivity index (χ2n) is 4.01. The Kier molecular flexibility index (Phi) is 3.01. The number of nitrogens with zero attached hydrogens (tertiary/aromatic N) is 2. The number of aromatic nitrogens is 2. The van der Waals surface area contributed by atoms with Gasteiger partial charge in [-0.3, -0.25) is 9.36 Å². The largest absolute Gasteiger partial charge is 0.268 e. The molecule has 0 N–H and O–H groups in total. The van der Waals surface area contributed by atoms with Gasteiger partial charge in [-0.15, -0.1) is 0 Å². The number of hydrogen-bond acceptors (Lipinski definition) is 2. The molecule has 1 heterocycles. The van der Waals surface area contributed by atoms with Gasteiger partial charge in [-0.2, -0.15) is 0 Å². The molecule has 0 atom stereocenters. The third-order valence-corrected chi connectivity index (χ3v) is 3.45. The van der Waals surface area contributed by atoms with Crippen LogP contribution in [0.1, 0.15) is 0 Å². The van der Waals surface area contributed by atoms with E-state index >= 15 is 0 Å². The quantitative estimate of drug-likeness (QED) is 0.685. The molecule has 1 aromatic heterocycles. The topological polar surface area (TPSA) is 34.9 Å². The lowest BCUT2D eigenvalue weighted by Gasteiger charge is -2.10. The minimum Gasteiger partial charge on any atom is -0.268 e. The number of para-hydroxylation sites is 2. The van der Waals surface area contributed by atoms with Gasteiger partial charge < -0.3 is 0 Å². The van der Waals surface area contributed by atoms with E-state index in [1.54, 1.807) is 36.4 Å². The summed E-state index contributed by atoms with van der Waals surface area (Å²) >= 11 is 12.2. The molecular weight excluding hydrogens is 283 g/mol. The minimum absolute atomic E-state index is 0.194. The zero-order chi connectivity index (χ0) is 13.4. The van der Waals surface area contributed by atoms with Crippen LogP contribution >= 0.6 is 23.2 Å². The Bertz CT molecular complexity index is 807. The van der Waals surface area contributed by atoms with E-state index in [1.165, 1.54) is 10.9 Å². The fraction of sp³-hybridized carbons (Fsp3) is 0. The highest BCUT2D eigenvalue weighted by molar-refractivity contribution is 6.37. The van der Waals surface area contributed by atoms with Crippen molar-refractivity contribution in [2.45, 2.75) is 0 Å². The molecule has 94 valence electrons. The van der Waals surface area contributed by atoms with Gasteiger partial charge in [0.15, 0.2) is 0 Å². The fourth-order valence-corrected chi connectivity index (χ4v) is 2.53. The normalized spacial score (nSPS) is 10.8. The van der Waals surface area contributed by atoms with E-state index in [0.717, 1.165) is 0 Å². The average Bonchev–Trinajstić information content (AvgIpc) is 2.41. The van der Waals surface area contributed by atoms with E-state index < -0.39 is 0 Å². The van der Waals surface area contributed by atoms with Crippen molar-refractivity contribution in [1.29, 1.82) is 0 Å². The zero-order valence-electron chi connectivity index (χ0n) is 9.68. The molecule has 0 aliphatic rings. The van der Waals surface area contributed by atoms with E-state index in [-0.39, 0.29) is 5.56 Å². The lowest BCUT2D eigenvalue weighted by molar-refractivity contribution is 0.963. The lowest BCUT2D eigenvalue weighted by Crippen LogP contribution is -2.19. The number of halogens is 2. The molecule has 3 aromatic rings. The molecule has 19 heavy (non-hydrogen) atoms. The Morgan fingerprint density at radius 3 is 2.37 bits per heavy atom. The molecule has 0 unspecified atom stereocenters. The summed E-state index contributed by atoms with van der Waals surface area (Å²) in [6.07, 6.45) is 1.44. The van der Waals surface area contributed by atoms with E-state index in [2.05, 4.69) is 4.98 Å². The summed E-state index contributed by atoms with van der Waals surface area (Å²) in [5.41, 5.74) is 0.904. The Labute approximate surface area is 119 Å². The molecule has 0 amide bonds. The molecule has 0 bridgehead atoms. The van der Waals surface area contributed by atoms with Crippen molar-refractivity contribution in [3.05, 3.63) is 69.2 Å². The van der Waals surface area contributed by atoms with Gasteiger partial charge in [-0.05, 0) is 24.3 Å². The minimum atomic E-state index is -0.194. The molecule has 0 spiro atoms. The number of benzene rings is 2. The van der Waals surface area contributed by atoms with Crippen LogP contribution in [0.25, 0.3) is 16.6 Å². The van der Waals surface area contributed by atoms with Crippen molar-refractivity contribution in [1.82, 2.24) is 9.55 Å². The van der Waals surface area contributed by atoms with E-state index in [0.29, 0.717) is 26.6 Å². The predicted octanol–water partition coefficient (Wildman–Crippen LogP) is 3.69. The summed E-state index contributed by atoms with van der Waals surface area (Å²) in [4.78, 5) is 16.7. The van der Waals surface area contributed by atoms with Crippen molar-refractivity contribution >= 4 is 34.1 Å². The van der Waals surface area contributed by atoms with Crippen LogP contribution in [-0.2, 0) is 0 Å². The van der Waals surface area contributed by atoms with Gasteiger partial charge in [0, 0.05) is 0 Å². The van der Waals surface area contributed by atoms with Crippen LogP contribution in [0.5, 0.6) is 0 Å². The molecule has 3 nitrogen and oxygen atoms in total. The second-order valence-corrected chi connectivity index (χ2v) is 4.82. The first-order valence-corrected chi connectivity index (χ1v) is 6.35. The lowest BCUT2D eigenvalue weighted by atomic mass is 10.2. The zero-order valence-corrected chi connectivity index (χ0v) is 11.2. The summed E-state index contributed by atoms with van der Waals surface area (Å²) in [5.74, 6) is 0. The third-order valence-electron chi connectivity index (χ3n) is 2.84. The van der Waals surface area contributed by atoms with Gasteiger partial charge in [-0.1, -0.05) is 41.4 Å². The maximum absolute atomic E-state index is 12.4. The number of rotatable bonds is 1. The molecule has 0 saturated heterocycles. The van der Waals surface area contributed by atoms with Crippen molar-refractivity contribution in [3.63, 3.8) is 0 Å². The highest BCUT2D eigenvalue weighted by Crippen LogP contribution is 2.27. The second kappa shape index (κ2) is 4.68. The molecule has 2 aromatic carbocycles. The first-order chi connectivity index (χ1) is 9.18. The predicted molar refractivity (Wildman–Crippen MR) is 77.4 cm³/mol. The van der Waals surface area contributed by atoms with Crippen LogP contribution in [0.2, 0.25) is 10.0 Å². The van der Waals surface area contributed by atoms with Crippen LogP contribution in [0.4, 0.5) is 0 Å². The van der Waals surface area contributed by atoms with Gasteiger partial charge in [-0.25, -0.2) is 4.98 Å². The summed E-state index contributed by atoms with van der Waals surface area (Å²) in [5, 5.41) is 1.35. The van der Waals surface area contributed by atoms with Crippen molar-refractivity contribution in [2.24, 2.45) is 0 Å².